The van der Waals surface area contributed by atoms with Crippen LogP contribution in [0.1, 0.15) is 18.6 Å². The first kappa shape index (κ1) is 13.7. The number of carbonyl (C=O) groups is 1. The second-order valence-electron chi connectivity index (χ2n) is 3.50. The van der Waals surface area contributed by atoms with Gasteiger partial charge in [0, 0.05) is 6.26 Å². The lowest BCUT2D eigenvalue weighted by molar-refractivity contribution is -0.153. The van der Waals surface area contributed by atoms with Crippen molar-refractivity contribution in [3.63, 3.8) is 0 Å². The predicted molar refractivity (Wildman–Crippen MR) is 61.1 cm³/mol. The van der Waals surface area contributed by atoms with Gasteiger partial charge in [-0.2, -0.15) is 0 Å². The molecule has 17 heavy (non-hydrogen) atoms. The lowest BCUT2D eigenvalue weighted by atomic mass is 10.1. The largest absolute Gasteiger partial charge is 0.464 e. The number of esters is 1. The van der Waals surface area contributed by atoms with Crippen LogP contribution >= 0.6 is 0 Å². The van der Waals surface area contributed by atoms with Gasteiger partial charge in [-0.15, -0.1) is 0 Å². The number of hydrogen-bond acceptors (Lipinski definition) is 5. The Balaban J connectivity index is 2.92. The SMILES string of the molecule is CCOC(=O)C(O)c1ccc(S(C)(=O)=O)cc1. The molecule has 0 aromatic heterocycles. The number of aliphatic hydroxyl groups excluding tert-OH is 1. The van der Waals surface area contributed by atoms with Crippen LogP contribution in [-0.2, 0) is 19.4 Å². The molecule has 0 aliphatic carbocycles. The van der Waals surface area contributed by atoms with Gasteiger partial charge >= 0.3 is 5.97 Å². The Morgan fingerprint density at radius 3 is 2.29 bits per heavy atom. The summed E-state index contributed by atoms with van der Waals surface area (Å²) in [6.07, 6.45) is -0.299. The maximum atomic E-state index is 11.2. The normalized spacial score (nSPS) is 13.1. The Morgan fingerprint density at radius 2 is 1.88 bits per heavy atom. The van der Waals surface area contributed by atoms with E-state index in [1.165, 1.54) is 24.3 Å². The van der Waals surface area contributed by atoms with Crippen molar-refractivity contribution in [1.82, 2.24) is 0 Å². The Kier molecular flexibility index (Phi) is 4.25. The lowest BCUT2D eigenvalue weighted by Crippen LogP contribution is -2.15. The van der Waals surface area contributed by atoms with E-state index in [1.54, 1.807) is 6.92 Å². The Bertz CT molecular complexity index is 489. The van der Waals surface area contributed by atoms with Gasteiger partial charge in [-0.05, 0) is 24.6 Å². The number of benzene rings is 1. The van der Waals surface area contributed by atoms with E-state index >= 15 is 0 Å². The van der Waals surface area contributed by atoms with Crippen LogP contribution in [0.4, 0.5) is 0 Å². The van der Waals surface area contributed by atoms with E-state index < -0.39 is 21.9 Å². The van der Waals surface area contributed by atoms with E-state index in [0.29, 0.717) is 5.56 Å². The molecule has 1 atom stereocenters. The first-order valence-corrected chi connectivity index (χ1v) is 6.90. The number of ether oxygens (including phenoxy) is 1. The number of hydrogen-bond donors (Lipinski definition) is 1. The molecular weight excluding hydrogens is 244 g/mol. The minimum atomic E-state index is -3.27. The smallest absolute Gasteiger partial charge is 0.339 e. The molecule has 1 unspecified atom stereocenters. The minimum Gasteiger partial charge on any atom is -0.464 e. The van der Waals surface area contributed by atoms with Crippen LogP contribution in [0, 0.1) is 0 Å². The van der Waals surface area contributed by atoms with E-state index in [0.717, 1.165) is 6.26 Å². The van der Waals surface area contributed by atoms with Gasteiger partial charge in [-0.25, -0.2) is 13.2 Å². The molecular formula is C11H14O5S. The zero-order valence-corrected chi connectivity index (χ0v) is 10.4. The maximum absolute atomic E-state index is 11.2. The molecule has 0 bridgehead atoms. The quantitative estimate of drug-likeness (QED) is 0.803. The average Bonchev–Trinajstić information content (AvgIpc) is 2.27. The molecule has 1 rings (SSSR count). The fourth-order valence-electron chi connectivity index (χ4n) is 1.25. The standard InChI is InChI=1S/C11H14O5S/c1-3-16-11(13)10(12)8-4-6-9(7-5-8)17(2,14)15/h4-7,10,12H,3H2,1-2H3. The molecule has 0 saturated carbocycles. The molecule has 94 valence electrons. The molecule has 0 amide bonds. The number of carbonyl (C=O) groups excluding carboxylic acids is 1. The van der Waals surface area contributed by atoms with Crippen molar-refractivity contribution in [3.05, 3.63) is 29.8 Å². The summed E-state index contributed by atoms with van der Waals surface area (Å²) >= 11 is 0. The van der Waals surface area contributed by atoms with Crippen molar-refractivity contribution in [2.75, 3.05) is 12.9 Å². The summed E-state index contributed by atoms with van der Waals surface area (Å²) in [4.78, 5) is 11.4. The number of sulfone groups is 1. The fourth-order valence-corrected chi connectivity index (χ4v) is 1.89. The molecule has 0 aliphatic heterocycles. The molecule has 0 fully saturated rings. The molecule has 0 saturated heterocycles. The first-order valence-electron chi connectivity index (χ1n) is 5.01. The van der Waals surface area contributed by atoms with Crippen molar-refractivity contribution in [1.29, 1.82) is 0 Å². The van der Waals surface area contributed by atoms with Crippen LogP contribution in [0.3, 0.4) is 0 Å². The third-order valence-electron chi connectivity index (χ3n) is 2.13. The Labute approximate surface area is 100.0 Å². The molecule has 0 radical (unpaired) electrons. The van der Waals surface area contributed by atoms with Gasteiger partial charge in [0.15, 0.2) is 15.9 Å². The summed E-state index contributed by atoms with van der Waals surface area (Å²) in [6.45, 7) is 1.81. The van der Waals surface area contributed by atoms with Gasteiger partial charge in [0.1, 0.15) is 0 Å². The first-order chi connectivity index (χ1) is 7.86. The molecule has 5 nitrogen and oxygen atoms in total. The molecule has 1 N–H and O–H groups in total. The van der Waals surface area contributed by atoms with Crippen LogP contribution in [-0.4, -0.2) is 32.4 Å². The maximum Gasteiger partial charge on any atom is 0.339 e. The van der Waals surface area contributed by atoms with E-state index in [4.69, 9.17) is 0 Å². The van der Waals surface area contributed by atoms with Crippen LogP contribution in [0.25, 0.3) is 0 Å². The van der Waals surface area contributed by atoms with Gasteiger partial charge in [-0.1, -0.05) is 12.1 Å². The summed E-state index contributed by atoms with van der Waals surface area (Å²) in [5.41, 5.74) is 0.302. The zero-order valence-electron chi connectivity index (χ0n) is 9.58. The van der Waals surface area contributed by atoms with Gasteiger partial charge in [-0.3, -0.25) is 0 Å². The van der Waals surface area contributed by atoms with Crippen molar-refractivity contribution < 1.29 is 23.1 Å². The Morgan fingerprint density at radius 1 is 1.35 bits per heavy atom. The van der Waals surface area contributed by atoms with Gasteiger partial charge in [0.05, 0.1) is 11.5 Å². The van der Waals surface area contributed by atoms with Gasteiger partial charge < -0.3 is 9.84 Å². The average molecular weight is 258 g/mol. The Hall–Kier alpha value is -1.40. The summed E-state index contributed by atoms with van der Waals surface area (Å²) < 4.78 is 27.0. The van der Waals surface area contributed by atoms with Crippen molar-refractivity contribution >= 4 is 15.8 Å². The highest BCUT2D eigenvalue weighted by Gasteiger charge is 2.18. The van der Waals surface area contributed by atoms with Crippen LogP contribution < -0.4 is 0 Å². The van der Waals surface area contributed by atoms with Crippen LogP contribution in [0.15, 0.2) is 29.2 Å². The molecule has 0 spiro atoms. The summed E-state index contributed by atoms with van der Waals surface area (Å²) in [5.74, 6) is -0.750. The molecule has 1 aromatic rings. The highest BCUT2D eigenvalue weighted by atomic mass is 32.2. The van der Waals surface area contributed by atoms with Crippen LogP contribution in [0.2, 0.25) is 0 Å². The minimum absolute atomic E-state index is 0.136. The topological polar surface area (TPSA) is 80.7 Å². The van der Waals surface area contributed by atoms with E-state index in [9.17, 15) is 18.3 Å². The molecule has 0 heterocycles. The monoisotopic (exact) mass is 258 g/mol. The summed E-state index contributed by atoms with van der Waals surface area (Å²) in [6, 6.07) is 5.45. The fraction of sp³-hybridized carbons (Fsp3) is 0.364. The number of aliphatic hydroxyl groups is 1. The lowest BCUT2D eigenvalue weighted by Gasteiger charge is -2.10. The number of rotatable bonds is 4. The molecule has 0 aliphatic rings. The third-order valence-corrected chi connectivity index (χ3v) is 3.26. The van der Waals surface area contributed by atoms with Crippen molar-refractivity contribution in [2.24, 2.45) is 0 Å². The third kappa shape index (κ3) is 3.54. The highest BCUT2D eigenvalue weighted by molar-refractivity contribution is 7.90. The van der Waals surface area contributed by atoms with Crippen molar-refractivity contribution in [2.45, 2.75) is 17.9 Å². The van der Waals surface area contributed by atoms with E-state index in [1.807, 2.05) is 0 Å². The second-order valence-corrected chi connectivity index (χ2v) is 5.51. The van der Waals surface area contributed by atoms with Crippen molar-refractivity contribution in [3.8, 4) is 0 Å². The molecule has 1 aromatic carbocycles. The summed E-state index contributed by atoms with van der Waals surface area (Å²) in [7, 11) is -3.27. The van der Waals surface area contributed by atoms with Crippen LogP contribution in [0.5, 0.6) is 0 Å². The highest BCUT2D eigenvalue weighted by Crippen LogP contribution is 2.17. The van der Waals surface area contributed by atoms with E-state index in [2.05, 4.69) is 4.74 Å². The zero-order chi connectivity index (χ0) is 13.1. The van der Waals surface area contributed by atoms with E-state index in [-0.39, 0.29) is 11.5 Å². The molecule has 6 heteroatoms. The second kappa shape index (κ2) is 5.29. The summed E-state index contributed by atoms with van der Waals surface area (Å²) in [5, 5.41) is 9.59. The van der Waals surface area contributed by atoms with Gasteiger partial charge in [0.25, 0.3) is 0 Å². The van der Waals surface area contributed by atoms with Gasteiger partial charge in [0.2, 0.25) is 0 Å². The predicted octanol–water partition coefficient (Wildman–Crippen LogP) is 0.687.